The van der Waals surface area contributed by atoms with Gasteiger partial charge in [-0.25, -0.2) is 14.4 Å². The fourth-order valence-electron chi connectivity index (χ4n) is 14.8. The highest BCUT2D eigenvalue weighted by Gasteiger charge is 2.63. The molecule has 1 aliphatic heterocycles. The maximum absolute atomic E-state index is 14.1. The molecular weight excluding hydrogens is 958 g/mol. The van der Waals surface area contributed by atoms with Crippen molar-refractivity contribution in [3.05, 3.63) is 32.6 Å². The summed E-state index contributed by atoms with van der Waals surface area (Å²) in [7, 11) is -3.78. The Morgan fingerprint density at radius 2 is 1.46 bits per heavy atom. The van der Waals surface area contributed by atoms with Crippen molar-refractivity contribution in [2.45, 2.75) is 251 Å². The van der Waals surface area contributed by atoms with E-state index in [0.717, 1.165) is 70.8 Å². The van der Waals surface area contributed by atoms with Crippen LogP contribution in [-0.2, 0) is 23.1 Å². The third-order valence-electron chi connectivity index (χ3n) is 19.3. The Labute approximate surface area is 445 Å². The van der Waals surface area contributed by atoms with Crippen LogP contribution in [0.25, 0.3) is 0 Å². The number of aliphatic hydroxyl groups excluding tert-OH is 3. The van der Waals surface area contributed by atoms with E-state index >= 15 is 0 Å². The standard InChI is InChI=1S/C58H104N5O10P/c1-6-7-8-9-10-11-12-13-14-15-16-17-18-19-20-21-36-71-74(70,72-41-51-50(65)39-54(73-51)63-40-43(3)55(68)62-56(63)69)61-35-23-33-59-32-22-34-60-53(67)29-24-42(2)47-27-28-48-46-26-25-44-37-45(64)30-31-57(44,4)49(46)38-52(66)58(47,48)5/h40,42,44-52,54,59,64-66H,6-39,41H2,1-5H3,(H,60,67)(H,61,70)(H,62,68,69)/t42?,44-,45-,46+,47-,48+,49+,50+,51-,52+,54-,57+,58-,74?/m1/s1. The van der Waals surface area contributed by atoms with Crippen molar-refractivity contribution in [2.75, 3.05) is 39.4 Å². The number of H-pyrrole nitrogens is 1. The Kier molecular flexibility index (Phi) is 25.2. The number of hydrogen-bond donors (Lipinski definition) is 7. The Balaban J connectivity index is 0.847. The van der Waals surface area contributed by atoms with Gasteiger partial charge in [-0.15, -0.1) is 0 Å². The molecule has 7 N–H and O–H groups in total. The van der Waals surface area contributed by atoms with Crippen molar-refractivity contribution in [1.82, 2.24) is 25.3 Å². The molecule has 2 heterocycles. The highest BCUT2D eigenvalue weighted by Crippen LogP contribution is 2.68. The molecule has 14 atom stereocenters. The van der Waals surface area contributed by atoms with Gasteiger partial charge in [-0.3, -0.25) is 28.2 Å². The second-order valence-electron chi connectivity index (χ2n) is 24.5. The van der Waals surface area contributed by atoms with Gasteiger partial charge in [0.1, 0.15) is 12.3 Å². The molecular formula is C58H104N5O10P. The summed E-state index contributed by atoms with van der Waals surface area (Å²) in [5, 5.41) is 42.8. The van der Waals surface area contributed by atoms with Gasteiger partial charge in [0.05, 0.1) is 31.5 Å². The van der Waals surface area contributed by atoms with Gasteiger partial charge in [-0.05, 0) is 143 Å². The number of hydrogen-bond acceptors (Lipinski definition) is 11. The van der Waals surface area contributed by atoms with Crippen molar-refractivity contribution >= 4 is 13.7 Å². The Bertz CT molecular complexity index is 1990. The second-order valence-corrected chi connectivity index (χ2v) is 26.3. The van der Waals surface area contributed by atoms with Crippen LogP contribution in [0.5, 0.6) is 0 Å². The summed E-state index contributed by atoms with van der Waals surface area (Å²) in [6, 6.07) is 0. The average molecular weight is 1060 g/mol. The van der Waals surface area contributed by atoms with Crippen molar-refractivity contribution < 1.29 is 38.5 Å². The van der Waals surface area contributed by atoms with E-state index in [-0.39, 0.29) is 48.6 Å². The first-order valence-electron chi connectivity index (χ1n) is 30.2. The molecule has 0 aromatic carbocycles. The lowest BCUT2D eigenvalue weighted by Gasteiger charge is -2.62. The topological polar surface area (TPSA) is 213 Å². The smallest absolute Gasteiger partial charge is 0.393 e. The zero-order valence-electron chi connectivity index (χ0n) is 46.8. The predicted octanol–water partition coefficient (Wildman–Crippen LogP) is 10.4. The van der Waals surface area contributed by atoms with Crippen LogP contribution in [0.4, 0.5) is 0 Å². The van der Waals surface area contributed by atoms with Crippen LogP contribution in [0.3, 0.4) is 0 Å². The molecule has 1 aromatic rings. The summed E-state index contributed by atoms with van der Waals surface area (Å²) in [6.45, 7) is 13.4. The van der Waals surface area contributed by atoms with Crippen molar-refractivity contribution in [1.29, 1.82) is 0 Å². The van der Waals surface area contributed by atoms with Crippen LogP contribution in [0, 0.1) is 53.3 Å². The molecule has 1 saturated heterocycles. The molecule has 2 unspecified atom stereocenters. The number of carbonyl (C=O) groups excluding carboxylic acids is 1. The molecule has 5 aliphatic rings. The lowest BCUT2D eigenvalue weighted by molar-refractivity contribution is -0.174. The van der Waals surface area contributed by atoms with Gasteiger partial charge < -0.3 is 30.7 Å². The number of carbonyl (C=O) groups is 1. The summed E-state index contributed by atoms with van der Waals surface area (Å²) in [5.74, 6) is 3.16. The third kappa shape index (κ3) is 17.0. The number of rotatable bonds is 35. The first-order chi connectivity index (χ1) is 35.6. The number of aromatic nitrogens is 2. The minimum absolute atomic E-state index is 0.0811. The molecule has 1 aromatic heterocycles. The van der Waals surface area contributed by atoms with Crippen LogP contribution in [-0.4, -0.2) is 94.6 Å². The van der Waals surface area contributed by atoms with E-state index in [1.807, 2.05) is 0 Å². The number of amides is 1. The minimum atomic E-state index is -3.78. The predicted molar refractivity (Wildman–Crippen MR) is 294 cm³/mol. The minimum Gasteiger partial charge on any atom is -0.393 e. The Morgan fingerprint density at radius 1 is 0.811 bits per heavy atom. The first kappa shape index (κ1) is 61.3. The fourth-order valence-corrected chi connectivity index (χ4v) is 16.2. The van der Waals surface area contributed by atoms with Gasteiger partial charge in [-0.1, -0.05) is 124 Å². The second kappa shape index (κ2) is 30.4. The van der Waals surface area contributed by atoms with Crippen LogP contribution in [0.15, 0.2) is 15.8 Å². The maximum Gasteiger partial charge on any atom is 0.405 e. The molecule has 15 nitrogen and oxygen atoms in total. The van der Waals surface area contributed by atoms with Gasteiger partial charge in [-0.2, -0.15) is 0 Å². The molecule has 0 radical (unpaired) electrons. The van der Waals surface area contributed by atoms with Gasteiger partial charge in [0, 0.05) is 37.7 Å². The number of unbranched alkanes of at least 4 members (excludes halogenated alkanes) is 15. The molecule has 0 bridgehead atoms. The zero-order valence-corrected chi connectivity index (χ0v) is 47.7. The zero-order chi connectivity index (χ0) is 53.1. The lowest BCUT2D eigenvalue weighted by Crippen LogP contribution is -2.58. The van der Waals surface area contributed by atoms with Gasteiger partial charge in [0.25, 0.3) is 5.56 Å². The summed E-state index contributed by atoms with van der Waals surface area (Å²) in [6.07, 6.45) is 29.8. The van der Waals surface area contributed by atoms with E-state index in [2.05, 4.69) is 48.4 Å². The summed E-state index contributed by atoms with van der Waals surface area (Å²) in [4.78, 5) is 39.8. The molecule has 4 aliphatic carbocycles. The first-order valence-corrected chi connectivity index (χ1v) is 31.8. The molecule has 6 rings (SSSR count). The average Bonchev–Trinajstić information content (AvgIpc) is 3.94. The Hall–Kier alpha value is -1.94. The van der Waals surface area contributed by atoms with Crippen LogP contribution in [0.1, 0.15) is 226 Å². The number of aryl methyl sites for hydroxylation is 1. The molecule has 74 heavy (non-hydrogen) atoms. The number of aromatic amines is 1. The molecule has 1 amide bonds. The quantitative estimate of drug-likeness (QED) is 0.0250. The lowest BCUT2D eigenvalue weighted by atomic mass is 9.43. The van der Waals surface area contributed by atoms with Gasteiger partial charge in [0.2, 0.25) is 5.91 Å². The van der Waals surface area contributed by atoms with Crippen LogP contribution < -0.4 is 27.0 Å². The van der Waals surface area contributed by atoms with E-state index < -0.39 is 37.4 Å². The number of nitrogens with zero attached hydrogens (tertiary/aromatic N) is 1. The van der Waals surface area contributed by atoms with E-state index in [0.29, 0.717) is 73.5 Å². The largest absolute Gasteiger partial charge is 0.405 e. The van der Waals surface area contributed by atoms with E-state index in [1.165, 1.54) is 113 Å². The highest BCUT2D eigenvalue weighted by molar-refractivity contribution is 7.51. The summed E-state index contributed by atoms with van der Waals surface area (Å²) < 4.78 is 33.2. The highest BCUT2D eigenvalue weighted by atomic mass is 31.2. The molecule has 5 fully saturated rings. The number of ether oxygens (including phenoxy) is 1. The normalized spacial score (nSPS) is 31.9. The molecule has 4 saturated carbocycles. The van der Waals surface area contributed by atoms with Crippen LogP contribution >= 0.6 is 7.75 Å². The van der Waals surface area contributed by atoms with E-state index in [1.54, 1.807) is 6.92 Å². The number of aliphatic hydroxyl groups is 3. The van der Waals surface area contributed by atoms with Gasteiger partial charge >= 0.3 is 13.4 Å². The summed E-state index contributed by atoms with van der Waals surface area (Å²) in [5.41, 5.74) is -0.640. The van der Waals surface area contributed by atoms with E-state index in [9.17, 15) is 34.3 Å². The third-order valence-corrected chi connectivity index (χ3v) is 21.0. The Morgan fingerprint density at radius 3 is 2.14 bits per heavy atom. The number of nitrogens with one attached hydrogen (secondary N) is 4. The molecule has 426 valence electrons. The monoisotopic (exact) mass is 1060 g/mol. The van der Waals surface area contributed by atoms with Crippen molar-refractivity contribution in [3.63, 3.8) is 0 Å². The SMILES string of the molecule is CCCCCCCCCCCCCCCCCCOP(=O)(NCCCNCCCNC(=O)CCC(C)[C@H]1CC[C@H]2[C@@H]3CC[C@@H]4C[C@H](O)CC[C@]4(C)[C@H]3C[C@H](O)[C@]12C)OC[C@H]1O[C@@H](n2cc(C)c(=O)[nH]c2=O)C[C@@H]1O. The molecule has 16 heteroatoms. The van der Waals surface area contributed by atoms with Crippen molar-refractivity contribution in [3.8, 4) is 0 Å². The summed E-state index contributed by atoms with van der Waals surface area (Å²) >= 11 is 0. The van der Waals surface area contributed by atoms with Crippen LogP contribution in [0.2, 0.25) is 0 Å². The van der Waals surface area contributed by atoms with E-state index in [4.69, 9.17) is 13.8 Å². The maximum atomic E-state index is 14.1. The van der Waals surface area contributed by atoms with Crippen molar-refractivity contribution in [2.24, 2.45) is 46.3 Å². The van der Waals surface area contributed by atoms with Gasteiger partial charge in [0.15, 0.2) is 0 Å². The molecule has 0 spiro atoms. The number of fused-ring (bicyclic) bond motifs is 5. The fraction of sp³-hybridized carbons (Fsp3) is 0.914.